The zero-order valence-electron chi connectivity index (χ0n) is 7.37. The van der Waals surface area contributed by atoms with Crippen LogP contribution in [0, 0.1) is 5.41 Å². The summed E-state index contributed by atoms with van der Waals surface area (Å²) in [5.41, 5.74) is -0.122. The predicted octanol–water partition coefficient (Wildman–Crippen LogP) is 0.389. The maximum atomic E-state index is 10.7. The van der Waals surface area contributed by atoms with Crippen molar-refractivity contribution in [3.63, 3.8) is 0 Å². The van der Waals surface area contributed by atoms with Crippen molar-refractivity contribution in [3.05, 3.63) is 0 Å². The van der Waals surface area contributed by atoms with Gasteiger partial charge in [0, 0.05) is 12.0 Å². The smallest absolute Gasteiger partial charge is 0.264 e. The van der Waals surface area contributed by atoms with Gasteiger partial charge in [-0.2, -0.15) is 8.42 Å². The molecule has 0 saturated carbocycles. The Morgan fingerprint density at radius 2 is 2.25 bits per heavy atom. The average molecular weight is 194 g/mol. The molecule has 5 heteroatoms. The van der Waals surface area contributed by atoms with E-state index in [1.807, 2.05) is 6.92 Å². The van der Waals surface area contributed by atoms with Crippen molar-refractivity contribution >= 4 is 10.1 Å². The Balaban J connectivity index is 2.41. The molecule has 0 aromatic rings. The molecule has 1 aliphatic heterocycles. The average Bonchev–Trinajstić information content (AvgIpc) is 2.32. The molecule has 12 heavy (non-hydrogen) atoms. The first-order chi connectivity index (χ1) is 5.41. The van der Waals surface area contributed by atoms with Crippen LogP contribution in [-0.4, -0.2) is 34.5 Å². The van der Waals surface area contributed by atoms with Gasteiger partial charge in [0.25, 0.3) is 10.1 Å². The molecule has 0 amide bonds. The first-order valence-corrected chi connectivity index (χ1v) is 5.65. The van der Waals surface area contributed by atoms with Gasteiger partial charge in [0.2, 0.25) is 0 Å². The van der Waals surface area contributed by atoms with Crippen molar-refractivity contribution in [3.8, 4) is 0 Å². The quantitative estimate of drug-likeness (QED) is 0.610. The SMILES string of the molecule is CC1(COS(C)(=O)=O)CCOC1. The first-order valence-electron chi connectivity index (χ1n) is 3.83. The summed E-state index contributed by atoms with van der Waals surface area (Å²) in [6.07, 6.45) is 1.93. The van der Waals surface area contributed by atoms with Gasteiger partial charge in [-0.15, -0.1) is 0 Å². The topological polar surface area (TPSA) is 52.6 Å². The van der Waals surface area contributed by atoms with E-state index in [4.69, 9.17) is 8.92 Å². The summed E-state index contributed by atoms with van der Waals surface area (Å²) in [5.74, 6) is 0. The fourth-order valence-corrected chi connectivity index (χ4v) is 1.57. The lowest BCUT2D eigenvalue weighted by Crippen LogP contribution is -2.25. The highest BCUT2D eigenvalue weighted by atomic mass is 32.2. The lowest BCUT2D eigenvalue weighted by Gasteiger charge is -2.19. The molecule has 1 unspecified atom stereocenters. The van der Waals surface area contributed by atoms with E-state index in [0.29, 0.717) is 13.2 Å². The van der Waals surface area contributed by atoms with Crippen LogP contribution in [0.4, 0.5) is 0 Å². The number of rotatable bonds is 3. The van der Waals surface area contributed by atoms with Gasteiger partial charge in [0.05, 0.1) is 19.5 Å². The van der Waals surface area contributed by atoms with Gasteiger partial charge in [-0.25, -0.2) is 0 Å². The van der Waals surface area contributed by atoms with E-state index in [1.165, 1.54) is 0 Å². The van der Waals surface area contributed by atoms with E-state index in [1.54, 1.807) is 0 Å². The van der Waals surface area contributed by atoms with E-state index >= 15 is 0 Å². The second kappa shape index (κ2) is 3.32. The third kappa shape index (κ3) is 3.08. The minimum absolute atomic E-state index is 0.122. The molecule has 1 atom stereocenters. The van der Waals surface area contributed by atoms with E-state index in [9.17, 15) is 8.42 Å². The molecule has 72 valence electrons. The van der Waals surface area contributed by atoms with Crippen molar-refractivity contribution in [2.45, 2.75) is 13.3 Å². The highest BCUT2D eigenvalue weighted by Gasteiger charge is 2.31. The standard InChI is InChI=1S/C7H14O4S/c1-7(3-4-10-5-7)6-11-12(2,8)9/h3-6H2,1-2H3. The van der Waals surface area contributed by atoms with Crippen molar-refractivity contribution < 1.29 is 17.3 Å². The summed E-state index contributed by atoms with van der Waals surface area (Å²) in [6, 6.07) is 0. The lowest BCUT2D eigenvalue weighted by molar-refractivity contribution is 0.121. The van der Waals surface area contributed by atoms with E-state index in [0.717, 1.165) is 12.7 Å². The zero-order valence-corrected chi connectivity index (χ0v) is 8.19. The Labute approximate surface area is 73.0 Å². The monoisotopic (exact) mass is 194 g/mol. The molecule has 0 bridgehead atoms. The molecule has 0 spiro atoms. The molecule has 1 fully saturated rings. The largest absolute Gasteiger partial charge is 0.381 e. The third-order valence-corrected chi connectivity index (χ3v) is 2.47. The molecule has 0 aromatic carbocycles. The van der Waals surface area contributed by atoms with E-state index in [-0.39, 0.29) is 12.0 Å². The van der Waals surface area contributed by atoms with Gasteiger partial charge in [-0.05, 0) is 6.42 Å². The van der Waals surface area contributed by atoms with Crippen LogP contribution in [0.25, 0.3) is 0 Å². The maximum absolute atomic E-state index is 10.7. The Kier molecular flexibility index (Phi) is 2.75. The number of ether oxygens (including phenoxy) is 1. The third-order valence-electron chi connectivity index (χ3n) is 1.92. The van der Waals surface area contributed by atoms with Gasteiger partial charge in [0.1, 0.15) is 0 Å². The molecule has 0 N–H and O–H groups in total. The van der Waals surface area contributed by atoms with Crippen LogP contribution >= 0.6 is 0 Å². The van der Waals surface area contributed by atoms with Crippen LogP contribution in [0.5, 0.6) is 0 Å². The summed E-state index contributed by atoms with van der Waals surface area (Å²) in [5, 5.41) is 0. The number of hydrogen-bond donors (Lipinski definition) is 0. The second-order valence-electron chi connectivity index (χ2n) is 3.58. The minimum Gasteiger partial charge on any atom is -0.381 e. The Morgan fingerprint density at radius 1 is 1.58 bits per heavy atom. The summed E-state index contributed by atoms with van der Waals surface area (Å²) in [7, 11) is -3.31. The summed E-state index contributed by atoms with van der Waals surface area (Å²) in [4.78, 5) is 0. The molecule has 1 saturated heterocycles. The maximum Gasteiger partial charge on any atom is 0.264 e. The van der Waals surface area contributed by atoms with Gasteiger partial charge >= 0.3 is 0 Å². The fourth-order valence-electron chi connectivity index (χ4n) is 1.07. The highest BCUT2D eigenvalue weighted by molar-refractivity contribution is 7.85. The van der Waals surface area contributed by atoms with Crippen molar-refractivity contribution in [2.75, 3.05) is 26.1 Å². The molecule has 0 aromatic heterocycles. The van der Waals surface area contributed by atoms with Crippen LogP contribution in [0.15, 0.2) is 0 Å². The minimum atomic E-state index is -3.31. The second-order valence-corrected chi connectivity index (χ2v) is 5.22. The van der Waals surface area contributed by atoms with Crippen LogP contribution < -0.4 is 0 Å². The van der Waals surface area contributed by atoms with Crippen LogP contribution in [0.1, 0.15) is 13.3 Å². The first kappa shape index (κ1) is 9.95. The summed E-state index contributed by atoms with van der Waals surface area (Å²) >= 11 is 0. The Bertz CT molecular complexity index is 238. The molecule has 1 rings (SSSR count). The summed E-state index contributed by atoms with van der Waals surface area (Å²) in [6.45, 7) is 3.48. The van der Waals surface area contributed by atoms with E-state index < -0.39 is 10.1 Å². The lowest BCUT2D eigenvalue weighted by atomic mass is 9.92. The molecule has 0 aliphatic carbocycles. The molecule has 1 aliphatic rings. The van der Waals surface area contributed by atoms with Gasteiger partial charge in [-0.3, -0.25) is 4.18 Å². The predicted molar refractivity (Wildman–Crippen MR) is 44.3 cm³/mol. The Hall–Kier alpha value is -0.130. The van der Waals surface area contributed by atoms with Gasteiger partial charge in [0.15, 0.2) is 0 Å². The molecular formula is C7H14O4S. The number of hydrogen-bond acceptors (Lipinski definition) is 4. The van der Waals surface area contributed by atoms with Crippen LogP contribution in [-0.2, 0) is 19.0 Å². The fraction of sp³-hybridized carbons (Fsp3) is 1.00. The summed E-state index contributed by atoms with van der Waals surface area (Å²) < 4.78 is 31.2. The van der Waals surface area contributed by atoms with Crippen LogP contribution in [0.3, 0.4) is 0 Å². The Morgan fingerprint density at radius 3 is 2.67 bits per heavy atom. The molecule has 0 radical (unpaired) electrons. The van der Waals surface area contributed by atoms with Crippen molar-refractivity contribution in [1.29, 1.82) is 0 Å². The van der Waals surface area contributed by atoms with Gasteiger partial charge in [-0.1, -0.05) is 6.92 Å². The molecule has 1 heterocycles. The van der Waals surface area contributed by atoms with Crippen LogP contribution in [0.2, 0.25) is 0 Å². The van der Waals surface area contributed by atoms with Gasteiger partial charge < -0.3 is 4.74 Å². The van der Waals surface area contributed by atoms with Crippen molar-refractivity contribution in [1.82, 2.24) is 0 Å². The molecular weight excluding hydrogens is 180 g/mol. The normalized spacial score (nSPS) is 30.8. The van der Waals surface area contributed by atoms with E-state index in [2.05, 4.69) is 0 Å². The highest BCUT2D eigenvalue weighted by Crippen LogP contribution is 2.28. The molecule has 4 nitrogen and oxygen atoms in total. The zero-order chi connectivity index (χ0) is 9.24. The van der Waals surface area contributed by atoms with Crippen molar-refractivity contribution in [2.24, 2.45) is 5.41 Å².